The van der Waals surface area contributed by atoms with Gasteiger partial charge in [-0.15, -0.1) is 23.6 Å². The first-order valence-corrected chi connectivity index (χ1v) is 11.5. The van der Waals surface area contributed by atoms with Gasteiger partial charge in [-0.05, 0) is 32.4 Å². The van der Waals surface area contributed by atoms with Crippen LogP contribution in [0.15, 0.2) is 54.0 Å². The molecule has 0 aliphatic carbocycles. The number of aromatic hydroxyl groups is 1. The highest BCUT2D eigenvalue weighted by atomic mass is 79.9. The Balaban J connectivity index is 0.00000272. The van der Waals surface area contributed by atoms with Crippen molar-refractivity contribution in [3.05, 3.63) is 70.2 Å². The number of thioether (sulfide) groups is 1. The summed E-state index contributed by atoms with van der Waals surface area (Å²) >= 11 is 14.4. The molecule has 0 amide bonds. The minimum atomic E-state index is -0.562. The summed E-state index contributed by atoms with van der Waals surface area (Å²) in [4.78, 5) is 5.18. The third-order valence-electron chi connectivity index (χ3n) is 5.43. The van der Waals surface area contributed by atoms with Gasteiger partial charge in [-0.1, -0.05) is 59.2 Å². The molecular weight excluding hydrogens is 519 g/mol. The van der Waals surface area contributed by atoms with E-state index >= 15 is 0 Å². The molecule has 1 spiro atoms. The zero-order chi connectivity index (χ0) is 21.5. The SMILES string of the molecule is Br.C=CCSC1=NC2(CC(c3ccccc3Cl)Oc3cc(O)c(Cl)cc32)CC(C)(C)N1. The van der Waals surface area contributed by atoms with E-state index in [-0.39, 0.29) is 34.4 Å². The predicted octanol–water partition coefficient (Wildman–Crippen LogP) is 7.04. The van der Waals surface area contributed by atoms with Gasteiger partial charge in [-0.2, -0.15) is 0 Å². The fourth-order valence-corrected chi connectivity index (χ4v) is 5.62. The third kappa shape index (κ3) is 4.87. The van der Waals surface area contributed by atoms with E-state index < -0.39 is 5.54 Å². The molecule has 0 aromatic heterocycles. The standard InChI is InChI=1S/C23H24Cl2N2O2S.BrH/c1-4-9-30-21-26-22(2,3)13-23(27-21)12-20(14-7-5-6-8-16(14)24)29-19-11-18(28)17(25)10-15(19)23;/h4-8,10-11,20,28H,1,9,12-13H2,2-3H3,(H,26,27);1H. The van der Waals surface area contributed by atoms with Crippen molar-refractivity contribution >= 4 is 57.1 Å². The van der Waals surface area contributed by atoms with Crippen LogP contribution in [0.2, 0.25) is 10.0 Å². The summed E-state index contributed by atoms with van der Waals surface area (Å²) < 4.78 is 6.33. The Kier molecular flexibility index (Phi) is 7.26. The van der Waals surface area contributed by atoms with Gasteiger partial charge in [0.25, 0.3) is 0 Å². The monoisotopic (exact) mass is 542 g/mol. The number of hydrogen-bond donors (Lipinski definition) is 2. The van der Waals surface area contributed by atoms with Crippen LogP contribution in [0.3, 0.4) is 0 Å². The molecule has 0 bridgehead atoms. The largest absolute Gasteiger partial charge is 0.506 e. The fraction of sp³-hybridized carbons (Fsp3) is 0.348. The number of ether oxygens (including phenoxy) is 1. The second kappa shape index (κ2) is 9.26. The molecule has 2 N–H and O–H groups in total. The van der Waals surface area contributed by atoms with Crippen LogP contribution in [0.1, 0.15) is 43.9 Å². The van der Waals surface area contributed by atoms with Gasteiger partial charge in [0.1, 0.15) is 17.6 Å². The minimum Gasteiger partial charge on any atom is -0.506 e. The summed E-state index contributed by atoms with van der Waals surface area (Å²) in [7, 11) is 0. The maximum atomic E-state index is 10.2. The van der Waals surface area contributed by atoms with Crippen molar-refractivity contribution in [2.75, 3.05) is 5.75 Å². The van der Waals surface area contributed by atoms with Crippen LogP contribution in [-0.4, -0.2) is 21.6 Å². The minimum absolute atomic E-state index is 0. The number of rotatable bonds is 3. The normalized spacial score (nSPS) is 23.6. The van der Waals surface area contributed by atoms with Gasteiger partial charge < -0.3 is 15.2 Å². The Bertz CT molecular complexity index is 1030. The molecule has 2 heterocycles. The number of phenols is 1. The van der Waals surface area contributed by atoms with E-state index in [0.717, 1.165) is 28.5 Å². The smallest absolute Gasteiger partial charge is 0.158 e. The molecule has 4 nitrogen and oxygen atoms in total. The molecule has 2 aromatic rings. The number of nitrogens with zero attached hydrogens (tertiary/aromatic N) is 1. The van der Waals surface area contributed by atoms with E-state index in [9.17, 15) is 5.11 Å². The molecule has 0 saturated heterocycles. The van der Waals surface area contributed by atoms with Gasteiger partial charge in [0.2, 0.25) is 0 Å². The Morgan fingerprint density at radius 2 is 2.03 bits per heavy atom. The quantitative estimate of drug-likeness (QED) is 0.407. The summed E-state index contributed by atoms with van der Waals surface area (Å²) in [5.41, 5.74) is 1.03. The lowest BCUT2D eigenvalue weighted by atomic mass is 9.72. The van der Waals surface area contributed by atoms with E-state index in [1.165, 1.54) is 0 Å². The van der Waals surface area contributed by atoms with Crippen molar-refractivity contribution in [3.63, 3.8) is 0 Å². The van der Waals surface area contributed by atoms with Crippen molar-refractivity contribution < 1.29 is 9.84 Å². The lowest BCUT2D eigenvalue weighted by Crippen LogP contribution is -2.53. The first-order chi connectivity index (χ1) is 14.2. The number of hydrogen-bond acceptors (Lipinski definition) is 5. The Morgan fingerprint density at radius 3 is 2.74 bits per heavy atom. The van der Waals surface area contributed by atoms with Crippen LogP contribution >= 0.6 is 51.9 Å². The highest BCUT2D eigenvalue weighted by Gasteiger charge is 2.49. The van der Waals surface area contributed by atoms with Crippen LogP contribution in [0.25, 0.3) is 0 Å². The molecular formula is C23H25BrCl2N2O2S. The van der Waals surface area contributed by atoms with Gasteiger partial charge >= 0.3 is 0 Å². The third-order valence-corrected chi connectivity index (χ3v) is 6.94. The molecule has 2 unspecified atom stereocenters. The van der Waals surface area contributed by atoms with Crippen LogP contribution in [0, 0.1) is 0 Å². The van der Waals surface area contributed by atoms with E-state index in [1.54, 1.807) is 23.9 Å². The molecule has 0 radical (unpaired) electrons. The fourth-order valence-electron chi connectivity index (χ4n) is 4.33. The number of nitrogens with one attached hydrogen (secondary N) is 1. The number of fused-ring (bicyclic) bond motifs is 2. The van der Waals surface area contributed by atoms with E-state index in [4.69, 9.17) is 32.9 Å². The highest BCUT2D eigenvalue weighted by molar-refractivity contribution is 8.93. The van der Waals surface area contributed by atoms with Gasteiger partial charge in [-0.25, -0.2) is 0 Å². The number of amidine groups is 1. The van der Waals surface area contributed by atoms with Crippen molar-refractivity contribution in [2.24, 2.45) is 4.99 Å². The summed E-state index contributed by atoms with van der Waals surface area (Å²) in [6, 6.07) is 11.1. The maximum Gasteiger partial charge on any atom is 0.158 e. The summed E-state index contributed by atoms with van der Waals surface area (Å²) in [6.45, 7) is 8.15. The Labute approximate surface area is 207 Å². The van der Waals surface area contributed by atoms with Crippen molar-refractivity contribution in [1.82, 2.24) is 5.32 Å². The zero-order valence-electron chi connectivity index (χ0n) is 17.3. The number of phenolic OH excluding ortho intramolecular Hbond substituents is 1. The summed E-state index contributed by atoms with van der Waals surface area (Å²) in [6.07, 6.45) is 2.93. The van der Waals surface area contributed by atoms with Crippen molar-refractivity contribution in [2.45, 2.75) is 43.9 Å². The summed E-state index contributed by atoms with van der Waals surface area (Å²) in [5, 5.41) is 15.6. The molecule has 4 rings (SSSR count). The molecule has 31 heavy (non-hydrogen) atoms. The number of halogens is 3. The molecule has 2 aliphatic rings. The van der Waals surface area contributed by atoms with E-state index in [0.29, 0.717) is 22.2 Å². The molecule has 2 aliphatic heterocycles. The van der Waals surface area contributed by atoms with E-state index in [2.05, 4.69) is 25.7 Å². The average molecular weight is 544 g/mol. The van der Waals surface area contributed by atoms with E-state index in [1.807, 2.05) is 30.3 Å². The second-order valence-corrected chi connectivity index (χ2v) is 10.2. The Morgan fingerprint density at radius 1 is 1.29 bits per heavy atom. The van der Waals surface area contributed by atoms with Gasteiger partial charge in [0.15, 0.2) is 5.17 Å². The summed E-state index contributed by atoms with van der Waals surface area (Å²) in [5.74, 6) is 1.33. The van der Waals surface area contributed by atoms with Crippen molar-refractivity contribution in [1.29, 1.82) is 0 Å². The number of benzene rings is 2. The first-order valence-electron chi connectivity index (χ1n) is 9.79. The van der Waals surface area contributed by atoms with Gasteiger partial charge in [0, 0.05) is 39.9 Å². The first kappa shape index (κ1) is 24.3. The topological polar surface area (TPSA) is 53.9 Å². The molecule has 0 fully saturated rings. The Hall–Kier alpha value is -1.34. The molecule has 0 saturated carbocycles. The highest BCUT2D eigenvalue weighted by Crippen LogP contribution is 2.54. The molecule has 2 aromatic carbocycles. The lowest BCUT2D eigenvalue weighted by Gasteiger charge is -2.47. The lowest BCUT2D eigenvalue weighted by molar-refractivity contribution is 0.103. The van der Waals surface area contributed by atoms with Crippen LogP contribution in [0.5, 0.6) is 11.5 Å². The van der Waals surface area contributed by atoms with Crippen LogP contribution < -0.4 is 10.1 Å². The van der Waals surface area contributed by atoms with Gasteiger partial charge in [0.05, 0.1) is 10.6 Å². The second-order valence-electron chi connectivity index (χ2n) is 8.37. The molecule has 8 heteroatoms. The van der Waals surface area contributed by atoms with Crippen LogP contribution in [0.4, 0.5) is 0 Å². The van der Waals surface area contributed by atoms with Crippen molar-refractivity contribution in [3.8, 4) is 11.5 Å². The predicted molar refractivity (Wildman–Crippen MR) is 136 cm³/mol. The average Bonchev–Trinajstić information content (AvgIpc) is 2.67. The molecule has 2 atom stereocenters. The number of aliphatic imine (C=N–C) groups is 1. The van der Waals surface area contributed by atoms with Gasteiger partial charge in [-0.3, -0.25) is 4.99 Å². The maximum absolute atomic E-state index is 10.2. The zero-order valence-corrected chi connectivity index (χ0v) is 21.4. The van der Waals surface area contributed by atoms with Crippen LogP contribution in [-0.2, 0) is 5.54 Å². The molecule has 166 valence electrons.